The van der Waals surface area contributed by atoms with Gasteiger partial charge in [0.2, 0.25) is 11.8 Å². The molecule has 0 saturated heterocycles. The molecule has 0 bridgehead atoms. The Hall–Kier alpha value is -1.30. The molecule has 0 saturated carbocycles. The molecule has 2 atom stereocenters. The van der Waals surface area contributed by atoms with Crippen LogP contribution in [0.1, 0.15) is 96.8 Å². The van der Waals surface area contributed by atoms with E-state index < -0.39 is 18.1 Å². The van der Waals surface area contributed by atoms with E-state index in [2.05, 4.69) is 10.6 Å². The van der Waals surface area contributed by atoms with Gasteiger partial charge in [-0.3, -0.25) is 14.4 Å². The van der Waals surface area contributed by atoms with Crippen LogP contribution in [-0.4, -0.2) is 65.4 Å². The Morgan fingerprint density at radius 1 is 0.667 bits per heavy atom. The summed E-state index contributed by atoms with van der Waals surface area (Å²) in [7, 11) is 3.05. The molecule has 0 aliphatic heterocycles. The minimum Gasteiger partial charge on any atom is -0.480 e. The van der Waals surface area contributed by atoms with Crippen LogP contribution in [0.2, 0.25) is 0 Å². The summed E-state index contributed by atoms with van der Waals surface area (Å²) in [5.74, 6) is -0.206. The van der Waals surface area contributed by atoms with Gasteiger partial charge in [0.1, 0.15) is 6.04 Å². The van der Waals surface area contributed by atoms with Crippen LogP contribution in [0, 0.1) is 0 Å². The maximum absolute atomic E-state index is 12.1. The van der Waals surface area contributed by atoms with Gasteiger partial charge in [0.05, 0.1) is 6.04 Å². The Morgan fingerprint density at radius 3 is 1.47 bits per heavy atom. The summed E-state index contributed by atoms with van der Waals surface area (Å²) < 4.78 is 0. The van der Waals surface area contributed by atoms with Crippen molar-refractivity contribution < 1.29 is 24.3 Å². The number of amides is 2. The van der Waals surface area contributed by atoms with Crippen LogP contribution in [0.15, 0.2) is 0 Å². The molecular weight excluding hydrogens is 500 g/mol. The van der Waals surface area contributed by atoms with Gasteiger partial charge in [-0.25, -0.2) is 4.79 Å². The van der Waals surface area contributed by atoms with Crippen LogP contribution in [0.5, 0.6) is 0 Å². The van der Waals surface area contributed by atoms with E-state index in [1.54, 1.807) is 0 Å². The first kappa shape index (κ1) is 34.7. The summed E-state index contributed by atoms with van der Waals surface area (Å²) in [6.07, 6.45) is 11.3. The number of carboxylic acids is 1. The average Bonchev–Trinajstić information content (AvgIpc) is 2.83. The third-order valence-corrected chi connectivity index (χ3v) is 8.21. The average molecular weight is 549 g/mol. The predicted molar refractivity (Wildman–Crippen MR) is 150 cm³/mol. The Balaban J connectivity index is 4.05. The lowest BCUT2D eigenvalue weighted by Gasteiger charge is -2.16. The van der Waals surface area contributed by atoms with Crippen molar-refractivity contribution in [3.8, 4) is 0 Å². The molecule has 2 unspecified atom stereocenters. The molecule has 0 aromatic heterocycles. The lowest BCUT2D eigenvalue weighted by atomic mass is 10.1. The molecule has 0 radical (unpaired) electrons. The van der Waals surface area contributed by atoms with E-state index in [0.29, 0.717) is 50.3 Å². The van der Waals surface area contributed by atoms with Gasteiger partial charge in [0, 0.05) is 24.3 Å². The van der Waals surface area contributed by atoms with Crippen molar-refractivity contribution in [1.29, 1.82) is 0 Å². The standard InChI is InChI=1S/C25H48N4O5S2/c1-20(30)21(28-23(31)12-8-4-2-6-10-16-26)14-18-35-36-19-15-22(25(33)34)29-24(32)13-9-5-3-7-11-17-27/h21-22H,2-19,26-27H2,1H3,(H,28,31)(H,29,32)(H,33,34). The minimum absolute atomic E-state index is 0.0649. The zero-order valence-corrected chi connectivity index (χ0v) is 23.6. The van der Waals surface area contributed by atoms with Crippen LogP contribution >= 0.6 is 21.6 Å². The van der Waals surface area contributed by atoms with Crippen molar-refractivity contribution >= 4 is 45.2 Å². The smallest absolute Gasteiger partial charge is 0.326 e. The number of carbonyl (C=O) groups is 4. The second-order valence-electron chi connectivity index (χ2n) is 9.02. The number of unbranched alkanes of at least 4 members (excludes halogenated alkanes) is 8. The molecule has 9 nitrogen and oxygen atoms in total. The van der Waals surface area contributed by atoms with Gasteiger partial charge < -0.3 is 27.2 Å². The molecule has 0 aliphatic carbocycles. The fraction of sp³-hybridized carbons (Fsp3) is 0.840. The Kier molecular flexibility index (Phi) is 23.2. The molecule has 7 N–H and O–H groups in total. The largest absolute Gasteiger partial charge is 0.480 e. The van der Waals surface area contributed by atoms with E-state index in [-0.39, 0.29) is 17.6 Å². The normalized spacial score (nSPS) is 12.6. The number of nitrogens with one attached hydrogen (secondary N) is 2. The van der Waals surface area contributed by atoms with Crippen molar-refractivity contribution in [3.05, 3.63) is 0 Å². The van der Waals surface area contributed by atoms with E-state index in [0.717, 1.165) is 64.2 Å². The predicted octanol–water partition coefficient (Wildman–Crippen LogP) is 3.39. The molecule has 210 valence electrons. The van der Waals surface area contributed by atoms with Crippen LogP contribution in [-0.2, 0) is 19.2 Å². The Morgan fingerprint density at radius 2 is 1.06 bits per heavy atom. The monoisotopic (exact) mass is 548 g/mol. The van der Waals surface area contributed by atoms with Crippen LogP contribution < -0.4 is 22.1 Å². The number of ketones is 1. The van der Waals surface area contributed by atoms with Crippen LogP contribution in [0.3, 0.4) is 0 Å². The number of carboxylic acid groups (broad SMARTS) is 1. The first-order chi connectivity index (χ1) is 17.3. The minimum atomic E-state index is -1.03. The number of Topliss-reactive ketones (excluding diaryl/α,β-unsaturated/α-hetero) is 1. The molecule has 0 aliphatic rings. The second-order valence-corrected chi connectivity index (χ2v) is 11.7. The quantitative estimate of drug-likeness (QED) is 0.0849. The summed E-state index contributed by atoms with van der Waals surface area (Å²) in [6.45, 7) is 2.86. The molecule has 36 heavy (non-hydrogen) atoms. The number of hydrogen-bond acceptors (Lipinski definition) is 8. The molecule has 0 rings (SSSR count). The third-order valence-electron chi connectivity index (χ3n) is 5.74. The molecule has 0 spiro atoms. The second kappa shape index (κ2) is 24.1. The summed E-state index contributed by atoms with van der Waals surface area (Å²) in [5.41, 5.74) is 10.9. The zero-order valence-electron chi connectivity index (χ0n) is 21.9. The Bertz CT molecular complexity index is 573. The topological polar surface area (TPSA) is 165 Å². The van der Waals surface area contributed by atoms with E-state index in [4.69, 9.17) is 11.5 Å². The van der Waals surface area contributed by atoms with Crippen molar-refractivity contribution in [3.63, 3.8) is 0 Å². The van der Waals surface area contributed by atoms with E-state index in [1.807, 2.05) is 0 Å². The third kappa shape index (κ3) is 20.8. The summed E-state index contributed by atoms with van der Waals surface area (Å²) in [5, 5.41) is 14.9. The first-order valence-electron chi connectivity index (χ1n) is 13.3. The highest BCUT2D eigenvalue weighted by molar-refractivity contribution is 8.76. The highest BCUT2D eigenvalue weighted by Crippen LogP contribution is 2.24. The molecule has 0 aromatic rings. The number of carbonyl (C=O) groups excluding carboxylic acids is 3. The van der Waals surface area contributed by atoms with Gasteiger partial charge >= 0.3 is 5.97 Å². The molecule has 11 heteroatoms. The number of hydrogen-bond donors (Lipinski definition) is 5. The van der Waals surface area contributed by atoms with Gasteiger partial charge in [-0.1, -0.05) is 60.1 Å². The van der Waals surface area contributed by atoms with Gasteiger partial charge in [-0.2, -0.15) is 0 Å². The van der Waals surface area contributed by atoms with Gasteiger partial charge in [0.25, 0.3) is 0 Å². The zero-order chi connectivity index (χ0) is 27.0. The molecule has 0 aromatic carbocycles. The van der Waals surface area contributed by atoms with E-state index in [1.165, 1.54) is 28.5 Å². The molecule has 2 amide bonds. The summed E-state index contributed by atoms with van der Waals surface area (Å²) >= 11 is 0. The summed E-state index contributed by atoms with van der Waals surface area (Å²) in [6, 6.07) is -1.40. The highest BCUT2D eigenvalue weighted by atomic mass is 33.1. The molecule has 0 fully saturated rings. The maximum atomic E-state index is 12.1. The Labute approximate surface area is 224 Å². The van der Waals surface area contributed by atoms with Gasteiger partial charge in [-0.05, 0) is 58.5 Å². The fourth-order valence-electron chi connectivity index (χ4n) is 3.54. The van der Waals surface area contributed by atoms with Gasteiger partial charge in [-0.15, -0.1) is 0 Å². The number of aliphatic carboxylic acids is 1. The molecular formula is C25H48N4O5S2. The van der Waals surface area contributed by atoms with Crippen molar-refractivity contribution in [2.75, 3.05) is 24.6 Å². The fourth-order valence-corrected chi connectivity index (χ4v) is 5.72. The SMILES string of the molecule is CC(=O)C(CCSSCCC(NC(=O)CCCCCCCN)C(=O)O)NC(=O)CCCCCCCN. The summed E-state index contributed by atoms with van der Waals surface area (Å²) in [4.78, 5) is 47.6. The highest BCUT2D eigenvalue weighted by Gasteiger charge is 2.20. The lowest BCUT2D eigenvalue weighted by Crippen LogP contribution is -2.41. The number of rotatable bonds is 25. The van der Waals surface area contributed by atoms with Crippen molar-refractivity contribution in [2.24, 2.45) is 11.5 Å². The molecule has 0 heterocycles. The van der Waals surface area contributed by atoms with Gasteiger partial charge in [0.15, 0.2) is 5.78 Å². The maximum Gasteiger partial charge on any atom is 0.326 e. The van der Waals surface area contributed by atoms with Crippen LogP contribution in [0.25, 0.3) is 0 Å². The number of nitrogens with two attached hydrogens (primary N) is 2. The van der Waals surface area contributed by atoms with Crippen molar-refractivity contribution in [2.45, 2.75) is 109 Å². The first-order valence-corrected chi connectivity index (χ1v) is 15.8. The van der Waals surface area contributed by atoms with E-state index in [9.17, 15) is 24.3 Å². The lowest BCUT2D eigenvalue weighted by molar-refractivity contribution is -0.141. The van der Waals surface area contributed by atoms with Crippen LogP contribution in [0.4, 0.5) is 0 Å². The van der Waals surface area contributed by atoms with E-state index >= 15 is 0 Å². The van der Waals surface area contributed by atoms with Crippen molar-refractivity contribution in [1.82, 2.24) is 10.6 Å².